The number of para-hydroxylation sites is 1. The molecule has 0 fully saturated rings. The van der Waals surface area contributed by atoms with Crippen molar-refractivity contribution in [2.75, 3.05) is 4.90 Å². The van der Waals surface area contributed by atoms with Gasteiger partial charge in [-0.05, 0) is 12.1 Å². The maximum Gasteiger partial charge on any atom is 0.194 e. The first-order valence-electron chi connectivity index (χ1n) is 5.21. The molecule has 2 aromatic carbocycles. The molecule has 2 rings (SSSR count). The zero-order valence-electron chi connectivity index (χ0n) is 9.44. The van der Waals surface area contributed by atoms with Gasteiger partial charge in [-0.1, -0.05) is 18.2 Å². The van der Waals surface area contributed by atoms with Crippen LogP contribution in [0, 0.1) is 17.5 Å². The highest BCUT2D eigenvalue weighted by atomic mass is 19.2. The van der Waals surface area contributed by atoms with Gasteiger partial charge in [0, 0.05) is 17.8 Å². The Kier molecular flexibility index (Phi) is 3.41. The molecule has 98 valence electrons. The minimum atomic E-state index is -1.68. The Labute approximate surface area is 106 Å². The van der Waals surface area contributed by atoms with Crippen LogP contribution in [0.3, 0.4) is 0 Å². The summed E-state index contributed by atoms with van der Waals surface area (Å²) in [4.78, 5) is 11.6. The van der Waals surface area contributed by atoms with E-state index in [2.05, 4.69) is 0 Å². The molecule has 0 heterocycles. The van der Waals surface area contributed by atoms with Crippen molar-refractivity contribution < 1.29 is 23.1 Å². The van der Waals surface area contributed by atoms with Crippen LogP contribution in [-0.4, -0.2) is 6.09 Å². The molecular formula is C13H7F3NO2-. The third-order valence-corrected chi connectivity index (χ3v) is 2.42. The minimum Gasteiger partial charge on any atom is -0.529 e. The molecule has 3 nitrogen and oxygen atoms in total. The summed E-state index contributed by atoms with van der Waals surface area (Å²) in [5, 5.41) is 11.1. The van der Waals surface area contributed by atoms with Crippen LogP contribution in [0.25, 0.3) is 0 Å². The number of amides is 1. The van der Waals surface area contributed by atoms with E-state index < -0.39 is 23.5 Å². The SMILES string of the molecule is O=C([O-])N(c1ccccc1)c1cc(F)c(F)c(F)c1. The maximum atomic E-state index is 13.1. The van der Waals surface area contributed by atoms with Crippen LogP contribution in [0.5, 0.6) is 0 Å². The van der Waals surface area contributed by atoms with Gasteiger partial charge in [0.15, 0.2) is 17.5 Å². The third-order valence-electron chi connectivity index (χ3n) is 2.42. The summed E-state index contributed by atoms with van der Waals surface area (Å²) in [6, 6.07) is 8.72. The number of benzene rings is 2. The molecule has 6 heteroatoms. The lowest BCUT2D eigenvalue weighted by Gasteiger charge is -2.25. The van der Waals surface area contributed by atoms with E-state index in [9.17, 15) is 23.1 Å². The van der Waals surface area contributed by atoms with Crippen molar-refractivity contribution in [1.82, 2.24) is 0 Å². The van der Waals surface area contributed by atoms with Crippen molar-refractivity contribution in [1.29, 1.82) is 0 Å². The van der Waals surface area contributed by atoms with E-state index in [4.69, 9.17) is 0 Å². The number of carbonyl (C=O) groups is 1. The molecule has 1 amide bonds. The molecule has 0 aliphatic carbocycles. The smallest absolute Gasteiger partial charge is 0.194 e. The summed E-state index contributed by atoms with van der Waals surface area (Å²) >= 11 is 0. The molecule has 0 radical (unpaired) electrons. The summed E-state index contributed by atoms with van der Waals surface area (Å²) in [6.07, 6.45) is -1.68. The van der Waals surface area contributed by atoms with Gasteiger partial charge in [0.25, 0.3) is 0 Å². The Morgan fingerprint density at radius 1 is 0.947 bits per heavy atom. The standard InChI is InChI=1S/C13H8F3NO2/c14-10-6-9(7-11(15)12(10)16)17(13(18)19)8-4-2-1-3-5-8/h1-7H,(H,18,19)/p-1. The minimum absolute atomic E-state index is 0.132. The van der Waals surface area contributed by atoms with Gasteiger partial charge in [0.2, 0.25) is 0 Å². The predicted octanol–water partition coefficient (Wildman–Crippen LogP) is 2.59. The Morgan fingerprint density at radius 3 is 1.95 bits per heavy atom. The number of carbonyl (C=O) groups excluding carboxylic acids is 1. The average Bonchev–Trinajstić information content (AvgIpc) is 2.37. The van der Waals surface area contributed by atoms with E-state index in [1.54, 1.807) is 18.2 Å². The molecule has 2 aromatic rings. The number of halogens is 3. The van der Waals surface area contributed by atoms with Crippen LogP contribution in [0.4, 0.5) is 29.3 Å². The predicted molar refractivity (Wildman–Crippen MR) is 60.3 cm³/mol. The van der Waals surface area contributed by atoms with E-state index in [-0.39, 0.29) is 11.4 Å². The van der Waals surface area contributed by atoms with E-state index in [0.29, 0.717) is 17.0 Å². The maximum absolute atomic E-state index is 13.1. The lowest BCUT2D eigenvalue weighted by Crippen LogP contribution is -2.38. The lowest BCUT2D eigenvalue weighted by atomic mass is 10.2. The van der Waals surface area contributed by atoms with Gasteiger partial charge in [0.1, 0.15) is 6.09 Å². The van der Waals surface area contributed by atoms with Crippen LogP contribution in [0.2, 0.25) is 0 Å². The summed E-state index contributed by atoms with van der Waals surface area (Å²) in [6.45, 7) is 0. The summed E-state index contributed by atoms with van der Waals surface area (Å²) < 4.78 is 39.1. The molecule has 19 heavy (non-hydrogen) atoms. The van der Waals surface area contributed by atoms with Crippen LogP contribution in [-0.2, 0) is 0 Å². The highest BCUT2D eigenvalue weighted by Gasteiger charge is 2.16. The molecule has 0 aromatic heterocycles. The Morgan fingerprint density at radius 2 is 1.47 bits per heavy atom. The van der Waals surface area contributed by atoms with Crippen molar-refractivity contribution in [2.24, 2.45) is 0 Å². The van der Waals surface area contributed by atoms with Gasteiger partial charge >= 0.3 is 0 Å². The number of carboxylic acid groups (broad SMARTS) is 1. The zero-order valence-corrected chi connectivity index (χ0v) is 9.44. The fourth-order valence-corrected chi connectivity index (χ4v) is 1.61. The van der Waals surface area contributed by atoms with Crippen LogP contribution < -0.4 is 10.0 Å². The number of nitrogens with zero attached hydrogens (tertiary/aromatic N) is 1. The number of hydrogen-bond donors (Lipinski definition) is 0. The first-order chi connectivity index (χ1) is 9.00. The Bertz CT molecular complexity index is 594. The highest BCUT2D eigenvalue weighted by Crippen LogP contribution is 2.27. The van der Waals surface area contributed by atoms with Crippen LogP contribution in [0.1, 0.15) is 0 Å². The van der Waals surface area contributed by atoms with Gasteiger partial charge < -0.3 is 9.90 Å². The Balaban J connectivity index is 2.55. The topological polar surface area (TPSA) is 43.4 Å². The van der Waals surface area contributed by atoms with Crippen LogP contribution in [0.15, 0.2) is 42.5 Å². The van der Waals surface area contributed by atoms with Gasteiger partial charge in [-0.25, -0.2) is 13.2 Å². The van der Waals surface area contributed by atoms with E-state index in [1.165, 1.54) is 12.1 Å². The quantitative estimate of drug-likeness (QED) is 0.784. The van der Waals surface area contributed by atoms with Crippen LogP contribution >= 0.6 is 0 Å². The fourth-order valence-electron chi connectivity index (χ4n) is 1.61. The third kappa shape index (κ3) is 2.52. The molecule has 0 saturated carbocycles. The summed E-state index contributed by atoms with van der Waals surface area (Å²) in [5.41, 5.74) is -0.240. The van der Waals surface area contributed by atoms with Crippen molar-refractivity contribution in [3.8, 4) is 0 Å². The number of hydrogen-bond acceptors (Lipinski definition) is 2. The zero-order chi connectivity index (χ0) is 14.0. The summed E-state index contributed by atoms with van der Waals surface area (Å²) in [5.74, 6) is -4.61. The normalized spacial score (nSPS) is 10.3. The van der Waals surface area contributed by atoms with Crippen molar-refractivity contribution in [3.63, 3.8) is 0 Å². The molecule has 0 bridgehead atoms. The lowest BCUT2D eigenvalue weighted by molar-refractivity contribution is -0.245. The summed E-state index contributed by atoms with van der Waals surface area (Å²) in [7, 11) is 0. The monoisotopic (exact) mass is 266 g/mol. The molecular weight excluding hydrogens is 259 g/mol. The van der Waals surface area contributed by atoms with E-state index in [0.717, 1.165) is 0 Å². The molecule has 0 unspecified atom stereocenters. The molecule has 0 N–H and O–H groups in total. The fraction of sp³-hybridized carbons (Fsp3) is 0. The van der Waals surface area contributed by atoms with Crippen molar-refractivity contribution in [2.45, 2.75) is 0 Å². The van der Waals surface area contributed by atoms with Gasteiger partial charge in [0.05, 0.1) is 5.69 Å². The second-order valence-electron chi connectivity index (χ2n) is 3.66. The highest BCUT2D eigenvalue weighted by molar-refractivity contribution is 5.93. The van der Waals surface area contributed by atoms with E-state index >= 15 is 0 Å². The van der Waals surface area contributed by atoms with Gasteiger partial charge in [-0.15, -0.1) is 0 Å². The average molecular weight is 266 g/mol. The first-order valence-corrected chi connectivity index (χ1v) is 5.21. The largest absolute Gasteiger partial charge is 0.529 e. The van der Waals surface area contributed by atoms with Crippen molar-refractivity contribution >= 4 is 17.5 Å². The Hall–Kier alpha value is -2.50. The second kappa shape index (κ2) is 5.01. The molecule has 0 saturated heterocycles. The van der Waals surface area contributed by atoms with Gasteiger partial charge in [-0.2, -0.15) is 0 Å². The molecule has 0 aliphatic heterocycles. The second-order valence-corrected chi connectivity index (χ2v) is 3.66. The van der Waals surface area contributed by atoms with E-state index in [1.807, 2.05) is 0 Å². The number of rotatable bonds is 2. The first kappa shape index (κ1) is 12.9. The van der Waals surface area contributed by atoms with Crippen molar-refractivity contribution in [3.05, 3.63) is 59.9 Å². The molecule has 0 aliphatic rings. The molecule has 0 spiro atoms. The molecule has 0 atom stereocenters. The van der Waals surface area contributed by atoms with Gasteiger partial charge in [-0.3, -0.25) is 4.90 Å². The number of anilines is 2.